The number of hydrogen-bond donors (Lipinski definition) is 1. The minimum absolute atomic E-state index is 0.324. The van der Waals surface area contributed by atoms with E-state index in [1.807, 2.05) is 43.4 Å². The number of imidazole rings is 1. The van der Waals surface area contributed by atoms with Gasteiger partial charge in [0.05, 0.1) is 11.0 Å². The van der Waals surface area contributed by atoms with Gasteiger partial charge in [0.15, 0.2) is 0 Å². The van der Waals surface area contributed by atoms with E-state index in [1.165, 1.54) is 0 Å². The Balaban J connectivity index is 2.06. The maximum absolute atomic E-state index is 9.80. The predicted octanol–water partition coefficient (Wildman–Crippen LogP) is 2.87. The number of para-hydroxylation sites is 3. The van der Waals surface area contributed by atoms with Crippen molar-refractivity contribution in [1.29, 1.82) is 0 Å². The van der Waals surface area contributed by atoms with Gasteiger partial charge in [-0.15, -0.1) is 0 Å². The average molecular weight is 238 g/mol. The molecule has 1 N–H and O–H groups in total. The van der Waals surface area contributed by atoms with E-state index < -0.39 is 0 Å². The predicted molar refractivity (Wildman–Crippen MR) is 71.6 cm³/mol. The smallest absolute Gasteiger partial charge is 0.119 e. The average Bonchev–Trinajstić information content (AvgIpc) is 2.70. The zero-order chi connectivity index (χ0) is 12.5. The third-order valence-corrected chi connectivity index (χ3v) is 3.22. The van der Waals surface area contributed by atoms with Crippen LogP contribution in [0.25, 0.3) is 11.0 Å². The van der Waals surface area contributed by atoms with Crippen molar-refractivity contribution in [3.63, 3.8) is 0 Å². The Kier molecular flexibility index (Phi) is 2.52. The SMILES string of the molecule is Cn1c(Cc2ccccc2O)nc2ccccc21. The summed E-state index contributed by atoms with van der Waals surface area (Å²) in [5, 5.41) is 9.80. The summed E-state index contributed by atoms with van der Waals surface area (Å²) in [7, 11) is 2.00. The van der Waals surface area contributed by atoms with Crippen LogP contribution in [0.2, 0.25) is 0 Å². The van der Waals surface area contributed by atoms with E-state index in [2.05, 4.69) is 15.6 Å². The summed E-state index contributed by atoms with van der Waals surface area (Å²) >= 11 is 0. The third kappa shape index (κ3) is 1.74. The van der Waals surface area contributed by atoms with Gasteiger partial charge in [-0.2, -0.15) is 0 Å². The van der Waals surface area contributed by atoms with E-state index in [-0.39, 0.29) is 0 Å². The second-order valence-electron chi connectivity index (χ2n) is 4.38. The van der Waals surface area contributed by atoms with Crippen molar-refractivity contribution in [1.82, 2.24) is 9.55 Å². The number of aromatic hydroxyl groups is 1. The van der Waals surface area contributed by atoms with Crippen molar-refractivity contribution in [2.75, 3.05) is 0 Å². The molecule has 3 aromatic rings. The molecular formula is C15H14N2O. The Bertz CT molecular complexity index is 701. The molecule has 0 atom stereocenters. The summed E-state index contributed by atoms with van der Waals surface area (Å²) in [5.74, 6) is 1.28. The highest BCUT2D eigenvalue weighted by atomic mass is 16.3. The Morgan fingerprint density at radius 1 is 1.06 bits per heavy atom. The molecule has 0 saturated carbocycles. The Morgan fingerprint density at radius 2 is 1.78 bits per heavy atom. The molecule has 0 bridgehead atoms. The van der Waals surface area contributed by atoms with Crippen molar-refractivity contribution < 1.29 is 5.11 Å². The lowest BCUT2D eigenvalue weighted by Gasteiger charge is -2.04. The van der Waals surface area contributed by atoms with Gasteiger partial charge in [0.2, 0.25) is 0 Å². The first-order chi connectivity index (χ1) is 8.75. The van der Waals surface area contributed by atoms with E-state index in [0.29, 0.717) is 12.2 Å². The fraction of sp³-hybridized carbons (Fsp3) is 0.133. The van der Waals surface area contributed by atoms with Crippen molar-refractivity contribution in [2.45, 2.75) is 6.42 Å². The first kappa shape index (κ1) is 10.8. The van der Waals surface area contributed by atoms with Crippen molar-refractivity contribution in [3.05, 3.63) is 59.9 Å². The zero-order valence-electron chi connectivity index (χ0n) is 10.2. The molecular weight excluding hydrogens is 224 g/mol. The van der Waals surface area contributed by atoms with E-state index in [0.717, 1.165) is 22.4 Å². The maximum Gasteiger partial charge on any atom is 0.119 e. The quantitative estimate of drug-likeness (QED) is 0.745. The standard InChI is InChI=1S/C15H14N2O/c1-17-13-8-4-3-7-12(13)16-15(17)10-11-6-2-5-9-14(11)18/h2-9,18H,10H2,1H3. The van der Waals surface area contributed by atoms with Gasteiger partial charge >= 0.3 is 0 Å². The molecule has 0 aliphatic rings. The van der Waals surface area contributed by atoms with E-state index in [9.17, 15) is 5.11 Å². The van der Waals surface area contributed by atoms with Crippen LogP contribution in [0.3, 0.4) is 0 Å². The maximum atomic E-state index is 9.80. The molecule has 18 heavy (non-hydrogen) atoms. The second-order valence-corrected chi connectivity index (χ2v) is 4.38. The van der Waals surface area contributed by atoms with Gasteiger partial charge in [-0.05, 0) is 18.2 Å². The molecule has 3 heteroatoms. The molecule has 3 nitrogen and oxygen atoms in total. The summed E-state index contributed by atoms with van der Waals surface area (Å²) in [5.41, 5.74) is 3.00. The normalized spacial score (nSPS) is 10.9. The summed E-state index contributed by atoms with van der Waals surface area (Å²) < 4.78 is 2.07. The lowest BCUT2D eigenvalue weighted by molar-refractivity contribution is 0.469. The minimum Gasteiger partial charge on any atom is -0.508 e. The molecule has 0 saturated heterocycles. The molecule has 2 aromatic carbocycles. The first-order valence-corrected chi connectivity index (χ1v) is 5.93. The molecule has 0 fully saturated rings. The first-order valence-electron chi connectivity index (χ1n) is 5.93. The number of benzene rings is 2. The number of hydrogen-bond acceptors (Lipinski definition) is 2. The van der Waals surface area contributed by atoms with Gasteiger partial charge in [-0.25, -0.2) is 4.98 Å². The van der Waals surface area contributed by atoms with Crippen LogP contribution in [0.15, 0.2) is 48.5 Å². The van der Waals surface area contributed by atoms with Crippen molar-refractivity contribution >= 4 is 11.0 Å². The largest absolute Gasteiger partial charge is 0.508 e. The summed E-state index contributed by atoms with van der Waals surface area (Å²) in [6.07, 6.45) is 0.637. The van der Waals surface area contributed by atoms with Crippen LogP contribution in [0, 0.1) is 0 Å². The molecule has 0 unspecified atom stereocenters. The van der Waals surface area contributed by atoms with Crippen LogP contribution in [0.5, 0.6) is 5.75 Å². The van der Waals surface area contributed by atoms with Crippen molar-refractivity contribution in [2.24, 2.45) is 7.05 Å². The summed E-state index contributed by atoms with van der Waals surface area (Å²) in [6.45, 7) is 0. The Labute approximate surface area is 105 Å². The van der Waals surface area contributed by atoms with Gasteiger partial charge < -0.3 is 9.67 Å². The molecule has 3 rings (SSSR count). The highest BCUT2D eigenvalue weighted by Crippen LogP contribution is 2.21. The lowest BCUT2D eigenvalue weighted by atomic mass is 10.1. The number of fused-ring (bicyclic) bond motifs is 1. The highest BCUT2D eigenvalue weighted by Gasteiger charge is 2.09. The zero-order valence-corrected chi connectivity index (χ0v) is 10.2. The Morgan fingerprint density at radius 3 is 2.56 bits per heavy atom. The van der Waals surface area contributed by atoms with Gasteiger partial charge in [0.1, 0.15) is 11.6 Å². The molecule has 90 valence electrons. The van der Waals surface area contributed by atoms with E-state index in [1.54, 1.807) is 6.07 Å². The summed E-state index contributed by atoms with van der Waals surface area (Å²) in [4.78, 5) is 4.60. The van der Waals surface area contributed by atoms with Crippen molar-refractivity contribution in [3.8, 4) is 5.75 Å². The van der Waals surface area contributed by atoms with Gasteiger partial charge in [-0.3, -0.25) is 0 Å². The van der Waals surface area contributed by atoms with Gasteiger partial charge in [0, 0.05) is 19.0 Å². The highest BCUT2D eigenvalue weighted by molar-refractivity contribution is 5.75. The van der Waals surface area contributed by atoms with Crippen LogP contribution in [-0.2, 0) is 13.5 Å². The van der Waals surface area contributed by atoms with E-state index in [4.69, 9.17) is 0 Å². The number of phenols is 1. The molecule has 1 heterocycles. The molecule has 0 amide bonds. The number of rotatable bonds is 2. The summed E-state index contributed by atoms with van der Waals surface area (Å²) in [6, 6.07) is 15.4. The molecule has 0 radical (unpaired) electrons. The number of phenolic OH excluding ortho intramolecular Hbond substituents is 1. The topological polar surface area (TPSA) is 38.0 Å². The number of aryl methyl sites for hydroxylation is 1. The number of nitrogens with zero attached hydrogens (tertiary/aromatic N) is 2. The fourth-order valence-electron chi connectivity index (χ4n) is 2.18. The second kappa shape index (κ2) is 4.18. The van der Waals surface area contributed by atoms with Crippen LogP contribution in [-0.4, -0.2) is 14.7 Å². The number of aromatic nitrogens is 2. The lowest BCUT2D eigenvalue weighted by Crippen LogP contribution is -1.99. The Hall–Kier alpha value is -2.29. The van der Waals surface area contributed by atoms with E-state index >= 15 is 0 Å². The molecule has 0 aliphatic carbocycles. The van der Waals surface area contributed by atoms with Crippen LogP contribution in [0.1, 0.15) is 11.4 Å². The van der Waals surface area contributed by atoms with Crippen LogP contribution >= 0.6 is 0 Å². The monoisotopic (exact) mass is 238 g/mol. The molecule has 0 aliphatic heterocycles. The van der Waals surface area contributed by atoms with Crippen LogP contribution in [0.4, 0.5) is 0 Å². The molecule has 1 aromatic heterocycles. The minimum atomic E-state index is 0.324. The van der Waals surface area contributed by atoms with Gasteiger partial charge in [-0.1, -0.05) is 30.3 Å². The van der Waals surface area contributed by atoms with Crippen LogP contribution < -0.4 is 0 Å². The fourth-order valence-corrected chi connectivity index (χ4v) is 2.18. The third-order valence-electron chi connectivity index (χ3n) is 3.22. The molecule has 0 spiro atoms. The van der Waals surface area contributed by atoms with Gasteiger partial charge in [0.25, 0.3) is 0 Å².